The zero-order valence-corrected chi connectivity index (χ0v) is 12.3. The molecule has 0 unspecified atom stereocenters. The van der Waals surface area contributed by atoms with Gasteiger partial charge in [0, 0.05) is 19.8 Å². The third kappa shape index (κ3) is 4.62. The van der Waals surface area contributed by atoms with Crippen LogP contribution in [0.15, 0.2) is 18.2 Å². The van der Waals surface area contributed by atoms with Crippen molar-refractivity contribution < 1.29 is 13.2 Å². The lowest BCUT2D eigenvalue weighted by molar-refractivity contribution is -0.115. The standard InChI is InChI=1S/C12H19N3O3S/c1-9-5-6-11(7-10(9)2)14-12(16)8-13-19(17,18)15(3)4/h5-7,13H,8H2,1-4H3,(H,14,16). The van der Waals surface area contributed by atoms with Crippen LogP contribution in [0.25, 0.3) is 0 Å². The van der Waals surface area contributed by atoms with Gasteiger partial charge in [0.2, 0.25) is 5.91 Å². The molecule has 1 aromatic carbocycles. The van der Waals surface area contributed by atoms with Crippen LogP contribution >= 0.6 is 0 Å². The van der Waals surface area contributed by atoms with E-state index in [-0.39, 0.29) is 6.54 Å². The van der Waals surface area contributed by atoms with E-state index in [4.69, 9.17) is 0 Å². The van der Waals surface area contributed by atoms with Crippen molar-refractivity contribution in [2.45, 2.75) is 13.8 Å². The summed E-state index contributed by atoms with van der Waals surface area (Å²) >= 11 is 0. The zero-order valence-electron chi connectivity index (χ0n) is 11.5. The molecule has 2 N–H and O–H groups in total. The first-order valence-electron chi connectivity index (χ1n) is 5.76. The fourth-order valence-corrected chi connectivity index (χ4v) is 1.88. The molecule has 0 aliphatic carbocycles. The van der Waals surface area contributed by atoms with Crippen LogP contribution in [0.4, 0.5) is 5.69 Å². The van der Waals surface area contributed by atoms with Crippen LogP contribution in [0.1, 0.15) is 11.1 Å². The summed E-state index contributed by atoms with van der Waals surface area (Å²) in [6.07, 6.45) is 0. The molecule has 0 aromatic heterocycles. The number of anilines is 1. The molecular formula is C12H19N3O3S. The van der Waals surface area contributed by atoms with Crippen LogP contribution < -0.4 is 10.0 Å². The van der Waals surface area contributed by atoms with Gasteiger partial charge in [-0.05, 0) is 37.1 Å². The summed E-state index contributed by atoms with van der Waals surface area (Å²) in [5, 5.41) is 2.64. The number of hydrogen-bond donors (Lipinski definition) is 2. The maximum atomic E-state index is 11.6. The summed E-state index contributed by atoms with van der Waals surface area (Å²) in [5.41, 5.74) is 2.84. The topological polar surface area (TPSA) is 78.5 Å². The second kappa shape index (κ2) is 6.14. The van der Waals surface area contributed by atoms with Gasteiger partial charge in [-0.1, -0.05) is 6.07 Å². The van der Waals surface area contributed by atoms with Crippen molar-refractivity contribution >= 4 is 21.8 Å². The Morgan fingerprint density at radius 1 is 1.21 bits per heavy atom. The predicted octanol–water partition coefficient (Wildman–Crippen LogP) is 0.638. The van der Waals surface area contributed by atoms with E-state index in [0.717, 1.165) is 15.4 Å². The highest BCUT2D eigenvalue weighted by atomic mass is 32.2. The number of carbonyl (C=O) groups is 1. The highest BCUT2D eigenvalue weighted by Gasteiger charge is 2.14. The number of nitrogens with one attached hydrogen (secondary N) is 2. The molecule has 0 heterocycles. The number of aryl methyl sites for hydroxylation is 2. The maximum Gasteiger partial charge on any atom is 0.279 e. The quantitative estimate of drug-likeness (QED) is 0.833. The first kappa shape index (κ1) is 15.6. The summed E-state index contributed by atoms with van der Waals surface area (Å²) in [6, 6.07) is 5.52. The Morgan fingerprint density at radius 3 is 2.37 bits per heavy atom. The van der Waals surface area contributed by atoms with Crippen molar-refractivity contribution in [1.82, 2.24) is 9.03 Å². The Labute approximate surface area is 114 Å². The van der Waals surface area contributed by atoms with Crippen LogP contribution in [0.3, 0.4) is 0 Å². The molecule has 0 radical (unpaired) electrons. The molecule has 7 heteroatoms. The van der Waals surface area contributed by atoms with Gasteiger partial charge in [0.1, 0.15) is 0 Å². The van der Waals surface area contributed by atoms with Gasteiger partial charge in [-0.15, -0.1) is 0 Å². The van der Waals surface area contributed by atoms with Crippen molar-refractivity contribution in [2.24, 2.45) is 0 Å². The van der Waals surface area contributed by atoms with Crippen LogP contribution in [0.2, 0.25) is 0 Å². The van der Waals surface area contributed by atoms with Crippen LogP contribution in [0.5, 0.6) is 0 Å². The van der Waals surface area contributed by atoms with Gasteiger partial charge >= 0.3 is 0 Å². The minimum Gasteiger partial charge on any atom is -0.325 e. The number of benzene rings is 1. The minimum absolute atomic E-state index is 0.298. The predicted molar refractivity (Wildman–Crippen MR) is 75.2 cm³/mol. The summed E-state index contributed by atoms with van der Waals surface area (Å²) < 4.78 is 26.0. The van der Waals surface area contributed by atoms with E-state index in [0.29, 0.717) is 5.69 Å². The number of rotatable bonds is 5. The van der Waals surface area contributed by atoms with E-state index in [1.54, 1.807) is 6.07 Å². The second-order valence-corrected chi connectivity index (χ2v) is 6.42. The SMILES string of the molecule is Cc1ccc(NC(=O)CNS(=O)(=O)N(C)C)cc1C. The average Bonchev–Trinajstić information content (AvgIpc) is 2.31. The largest absolute Gasteiger partial charge is 0.325 e. The summed E-state index contributed by atoms with van der Waals surface area (Å²) in [4.78, 5) is 11.6. The normalized spacial score (nSPS) is 11.6. The highest BCUT2D eigenvalue weighted by molar-refractivity contribution is 7.87. The lowest BCUT2D eigenvalue weighted by Crippen LogP contribution is -2.40. The van der Waals surface area contributed by atoms with Crippen LogP contribution in [-0.2, 0) is 15.0 Å². The van der Waals surface area contributed by atoms with E-state index in [9.17, 15) is 13.2 Å². The Hall–Kier alpha value is -1.44. The van der Waals surface area contributed by atoms with Crippen molar-refractivity contribution in [2.75, 3.05) is 26.0 Å². The third-order valence-corrected chi connectivity index (χ3v) is 4.16. The van der Waals surface area contributed by atoms with Crippen molar-refractivity contribution in [3.05, 3.63) is 29.3 Å². The number of hydrogen-bond acceptors (Lipinski definition) is 3. The molecule has 19 heavy (non-hydrogen) atoms. The lowest BCUT2D eigenvalue weighted by Gasteiger charge is -2.12. The molecule has 106 valence electrons. The van der Waals surface area contributed by atoms with E-state index >= 15 is 0 Å². The van der Waals surface area contributed by atoms with Gasteiger partial charge < -0.3 is 5.32 Å². The molecule has 6 nitrogen and oxygen atoms in total. The monoisotopic (exact) mass is 285 g/mol. The Morgan fingerprint density at radius 2 is 1.84 bits per heavy atom. The Balaban J connectivity index is 2.59. The molecule has 1 amide bonds. The van der Waals surface area contributed by atoms with E-state index in [2.05, 4.69) is 10.0 Å². The minimum atomic E-state index is -3.58. The van der Waals surface area contributed by atoms with Gasteiger partial charge in [-0.25, -0.2) is 0 Å². The first-order valence-corrected chi connectivity index (χ1v) is 7.20. The van der Waals surface area contributed by atoms with E-state index < -0.39 is 16.1 Å². The van der Waals surface area contributed by atoms with E-state index in [1.807, 2.05) is 26.0 Å². The van der Waals surface area contributed by atoms with Gasteiger partial charge in [-0.2, -0.15) is 17.4 Å². The molecule has 1 rings (SSSR count). The Bertz CT molecular complexity index is 568. The smallest absolute Gasteiger partial charge is 0.279 e. The van der Waals surface area contributed by atoms with Crippen molar-refractivity contribution in [3.63, 3.8) is 0 Å². The molecule has 0 spiro atoms. The van der Waals surface area contributed by atoms with Crippen molar-refractivity contribution in [1.29, 1.82) is 0 Å². The van der Waals surface area contributed by atoms with Crippen LogP contribution in [0, 0.1) is 13.8 Å². The number of carbonyl (C=O) groups excluding carboxylic acids is 1. The summed E-state index contributed by atoms with van der Waals surface area (Å²) in [5.74, 6) is -0.409. The lowest BCUT2D eigenvalue weighted by atomic mass is 10.1. The van der Waals surface area contributed by atoms with Gasteiger partial charge in [0.25, 0.3) is 10.2 Å². The molecule has 0 aliphatic heterocycles. The van der Waals surface area contributed by atoms with Crippen LogP contribution in [-0.4, -0.2) is 39.3 Å². The summed E-state index contributed by atoms with van der Waals surface area (Å²) in [6.45, 7) is 3.62. The molecule has 0 saturated carbocycles. The molecule has 0 saturated heterocycles. The molecule has 1 aromatic rings. The third-order valence-electron chi connectivity index (χ3n) is 2.69. The average molecular weight is 285 g/mol. The molecular weight excluding hydrogens is 266 g/mol. The highest BCUT2D eigenvalue weighted by Crippen LogP contribution is 2.13. The van der Waals surface area contributed by atoms with Gasteiger partial charge in [0.05, 0.1) is 6.54 Å². The summed E-state index contributed by atoms with van der Waals surface area (Å²) in [7, 11) is -0.793. The number of nitrogens with zero attached hydrogens (tertiary/aromatic N) is 1. The molecule has 0 fully saturated rings. The molecule has 0 bridgehead atoms. The molecule has 0 aliphatic rings. The van der Waals surface area contributed by atoms with Gasteiger partial charge in [0.15, 0.2) is 0 Å². The fraction of sp³-hybridized carbons (Fsp3) is 0.417. The first-order chi connectivity index (χ1) is 8.72. The molecule has 0 atom stereocenters. The van der Waals surface area contributed by atoms with Gasteiger partial charge in [-0.3, -0.25) is 4.79 Å². The zero-order chi connectivity index (χ0) is 14.6. The van der Waals surface area contributed by atoms with Crippen molar-refractivity contribution in [3.8, 4) is 0 Å². The second-order valence-electron chi connectivity index (χ2n) is 4.46. The maximum absolute atomic E-state index is 11.6. The number of amides is 1. The Kier molecular flexibility index (Phi) is 5.04. The van der Waals surface area contributed by atoms with E-state index in [1.165, 1.54) is 14.1 Å². The fourth-order valence-electron chi connectivity index (χ4n) is 1.31.